The first-order chi connectivity index (χ1) is 9.93. The average Bonchev–Trinajstić information content (AvgIpc) is 2.42. The van der Waals surface area contributed by atoms with Crippen LogP contribution in [0.25, 0.3) is 0 Å². The maximum atomic E-state index is 12.6. The highest BCUT2D eigenvalue weighted by atomic mass is 16.5. The van der Waals surface area contributed by atoms with Gasteiger partial charge in [0.05, 0.1) is 18.6 Å². The van der Waals surface area contributed by atoms with Gasteiger partial charge in [0.25, 0.3) is 5.91 Å². The third-order valence-corrected chi connectivity index (χ3v) is 2.82. The van der Waals surface area contributed by atoms with Crippen molar-refractivity contribution in [3.63, 3.8) is 0 Å². The summed E-state index contributed by atoms with van der Waals surface area (Å²) in [7, 11) is 0. The van der Waals surface area contributed by atoms with Crippen molar-refractivity contribution in [3.05, 3.63) is 29.8 Å². The van der Waals surface area contributed by atoms with Crippen LogP contribution in [0.4, 0.5) is 0 Å². The third-order valence-electron chi connectivity index (χ3n) is 2.82. The lowest BCUT2D eigenvalue weighted by molar-refractivity contribution is 0.0739. The van der Waals surface area contributed by atoms with Crippen LogP contribution in [0, 0.1) is 17.2 Å². The van der Waals surface area contributed by atoms with Gasteiger partial charge in [-0.05, 0) is 38.0 Å². The van der Waals surface area contributed by atoms with Gasteiger partial charge in [0.15, 0.2) is 0 Å². The maximum Gasteiger partial charge on any atom is 0.254 e. The Labute approximate surface area is 127 Å². The largest absolute Gasteiger partial charge is 0.491 e. The number of hydrogen-bond donors (Lipinski definition) is 0. The van der Waals surface area contributed by atoms with E-state index in [1.807, 2.05) is 26.0 Å². The minimum Gasteiger partial charge on any atom is -0.491 e. The fourth-order valence-corrected chi connectivity index (χ4v) is 2.06. The molecule has 0 saturated heterocycles. The Kier molecular flexibility index (Phi) is 6.74. The van der Waals surface area contributed by atoms with Gasteiger partial charge in [-0.25, -0.2) is 0 Å². The Hall–Kier alpha value is -2.02. The third kappa shape index (κ3) is 5.86. The van der Waals surface area contributed by atoms with Crippen LogP contribution < -0.4 is 4.74 Å². The first-order valence-corrected chi connectivity index (χ1v) is 7.37. The molecule has 0 aliphatic rings. The first-order valence-electron chi connectivity index (χ1n) is 7.37. The quantitative estimate of drug-likeness (QED) is 0.771. The first kappa shape index (κ1) is 17.0. The van der Waals surface area contributed by atoms with E-state index < -0.39 is 0 Å². The van der Waals surface area contributed by atoms with Gasteiger partial charge < -0.3 is 9.64 Å². The molecule has 0 fully saturated rings. The van der Waals surface area contributed by atoms with Gasteiger partial charge in [0.1, 0.15) is 5.75 Å². The van der Waals surface area contributed by atoms with Crippen molar-refractivity contribution in [2.24, 2.45) is 5.92 Å². The standard InChI is InChI=1S/C17H24N2O2/c1-13(2)12-19(10-6-9-18)17(20)15-7-5-8-16(11-15)21-14(3)4/h5,7-8,11,13-14H,6,10,12H2,1-4H3. The molecule has 0 aliphatic heterocycles. The second-order valence-corrected chi connectivity index (χ2v) is 5.75. The van der Waals surface area contributed by atoms with E-state index >= 15 is 0 Å². The molecular formula is C17H24N2O2. The van der Waals surface area contributed by atoms with Crippen LogP contribution in [-0.4, -0.2) is 30.0 Å². The van der Waals surface area contributed by atoms with E-state index in [4.69, 9.17) is 10.00 Å². The van der Waals surface area contributed by atoms with Crippen LogP contribution in [0.15, 0.2) is 24.3 Å². The predicted octanol–water partition coefficient (Wildman–Crippen LogP) is 3.49. The van der Waals surface area contributed by atoms with Crippen LogP contribution in [0.2, 0.25) is 0 Å². The van der Waals surface area contributed by atoms with Crippen molar-refractivity contribution < 1.29 is 9.53 Å². The molecule has 0 N–H and O–H groups in total. The summed E-state index contributed by atoms with van der Waals surface area (Å²) in [5.41, 5.74) is 0.603. The van der Waals surface area contributed by atoms with E-state index in [1.54, 1.807) is 17.0 Å². The number of amides is 1. The number of hydrogen-bond acceptors (Lipinski definition) is 3. The Morgan fingerprint density at radius 1 is 1.33 bits per heavy atom. The van der Waals surface area contributed by atoms with Crippen LogP contribution in [0.5, 0.6) is 5.75 Å². The summed E-state index contributed by atoms with van der Waals surface area (Å²) < 4.78 is 5.62. The molecule has 114 valence electrons. The molecular weight excluding hydrogens is 264 g/mol. The molecule has 1 aromatic carbocycles. The molecule has 0 atom stereocenters. The second-order valence-electron chi connectivity index (χ2n) is 5.75. The predicted molar refractivity (Wildman–Crippen MR) is 83.2 cm³/mol. The monoisotopic (exact) mass is 288 g/mol. The van der Waals surface area contributed by atoms with E-state index in [0.29, 0.717) is 36.7 Å². The second kappa shape index (κ2) is 8.31. The molecule has 1 rings (SSSR count). The SMILES string of the molecule is CC(C)CN(CCC#N)C(=O)c1cccc(OC(C)C)c1. The lowest BCUT2D eigenvalue weighted by atomic mass is 10.1. The van der Waals surface area contributed by atoms with Gasteiger partial charge in [0, 0.05) is 18.7 Å². The number of ether oxygens (including phenoxy) is 1. The van der Waals surface area contributed by atoms with E-state index in [-0.39, 0.29) is 12.0 Å². The lowest BCUT2D eigenvalue weighted by Crippen LogP contribution is -2.35. The molecule has 0 aliphatic carbocycles. The van der Waals surface area contributed by atoms with Crippen molar-refractivity contribution in [2.75, 3.05) is 13.1 Å². The molecule has 1 aromatic rings. The summed E-state index contributed by atoms with van der Waals surface area (Å²) in [6, 6.07) is 9.32. The number of carbonyl (C=O) groups excluding carboxylic acids is 1. The number of carbonyl (C=O) groups is 1. The fraction of sp³-hybridized carbons (Fsp3) is 0.529. The number of benzene rings is 1. The molecule has 0 bridgehead atoms. The van der Waals surface area contributed by atoms with Gasteiger partial charge >= 0.3 is 0 Å². The van der Waals surface area contributed by atoms with Crippen molar-refractivity contribution in [1.82, 2.24) is 4.90 Å². The zero-order valence-corrected chi connectivity index (χ0v) is 13.3. The highest BCUT2D eigenvalue weighted by Crippen LogP contribution is 2.17. The maximum absolute atomic E-state index is 12.6. The Morgan fingerprint density at radius 3 is 2.62 bits per heavy atom. The van der Waals surface area contributed by atoms with Gasteiger partial charge in [-0.15, -0.1) is 0 Å². The minimum absolute atomic E-state index is 0.0480. The Bertz CT molecular complexity index is 504. The molecule has 0 saturated carbocycles. The number of nitriles is 1. The molecule has 0 unspecified atom stereocenters. The summed E-state index contributed by atoms with van der Waals surface area (Å²) in [5, 5.41) is 8.74. The minimum atomic E-state index is -0.0480. The van der Waals surface area contributed by atoms with Gasteiger partial charge in [-0.1, -0.05) is 19.9 Å². The summed E-state index contributed by atoms with van der Waals surface area (Å²) in [6.07, 6.45) is 0.418. The highest BCUT2D eigenvalue weighted by molar-refractivity contribution is 5.94. The highest BCUT2D eigenvalue weighted by Gasteiger charge is 2.17. The Balaban J connectivity index is 2.89. The van der Waals surface area contributed by atoms with Crippen molar-refractivity contribution in [3.8, 4) is 11.8 Å². The summed E-state index contributed by atoms with van der Waals surface area (Å²) >= 11 is 0. The van der Waals surface area contributed by atoms with Crippen molar-refractivity contribution >= 4 is 5.91 Å². The molecule has 0 aromatic heterocycles. The van der Waals surface area contributed by atoms with Crippen LogP contribution in [-0.2, 0) is 0 Å². The van der Waals surface area contributed by atoms with E-state index in [0.717, 1.165) is 0 Å². The van der Waals surface area contributed by atoms with Crippen LogP contribution >= 0.6 is 0 Å². The van der Waals surface area contributed by atoms with Gasteiger partial charge in [-0.2, -0.15) is 5.26 Å². The van der Waals surface area contributed by atoms with Gasteiger partial charge in [0.2, 0.25) is 0 Å². The molecule has 1 amide bonds. The fourth-order valence-electron chi connectivity index (χ4n) is 2.06. The number of rotatable bonds is 7. The molecule has 0 heterocycles. The van der Waals surface area contributed by atoms with E-state index in [1.165, 1.54) is 0 Å². The zero-order chi connectivity index (χ0) is 15.8. The summed E-state index contributed by atoms with van der Waals surface area (Å²) in [6.45, 7) is 9.13. The smallest absolute Gasteiger partial charge is 0.254 e. The number of nitrogens with zero attached hydrogens (tertiary/aromatic N) is 2. The van der Waals surface area contributed by atoms with Gasteiger partial charge in [-0.3, -0.25) is 4.79 Å². The zero-order valence-electron chi connectivity index (χ0n) is 13.3. The lowest BCUT2D eigenvalue weighted by Gasteiger charge is -2.24. The summed E-state index contributed by atoms with van der Waals surface area (Å²) in [5.74, 6) is 1.01. The Morgan fingerprint density at radius 2 is 2.05 bits per heavy atom. The normalized spacial score (nSPS) is 10.5. The van der Waals surface area contributed by atoms with Crippen molar-refractivity contribution in [2.45, 2.75) is 40.2 Å². The average molecular weight is 288 g/mol. The van der Waals surface area contributed by atoms with E-state index in [2.05, 4.69) is 19.9 Å². The molecule has 0 radical (unpaired) electrons. The van der Waals surface area contributed by atoms with Crippen molar-refractivity contribution in [1.29, 1.82) is 5.26 Å². The topological polar surface area (TPSA) is 53.3 Å². The van der Waals surface area contributed by atoms with Crippen LogP contribution in [0.3, 0.4) is 0 Å². The van der Waals surface area contributed by atoms with Crippen LogP contribution in [0.1, 0.15) is 44.5 Å². The molecule has 21 heavy (non-hydrogen) atoms. The molecule has 4 heteroatoms. The van der Waals surface area contributed by atoms with E-state index in [9.17, 15) is 4.79 Å². The molecule has 0 spiro atoms. The molecule has 4 nitrogen and oxygen atoms in total. The summed E-state index contributed by atoms with van der Waals surface area (Å²) in [4.78, 5) is 14.3.